The monoisotopic (exact) mass is 334 g/mol. The van der Waals surface area contributed by atoms with Gasteiger partial charge in [0.2, 0.25) is 5.91 Å². The molecule has 0 unspecified atom stereocenters. The molecule has 0 bridgehead atoms. The summed E-state index contributed by atoms with van der Waals surface area (Å²) in [5.74, 6) is -0.267. The quantitative estimate of drug-likeness (QED) is 0.764. The molecule has 1 aromatic rings. The molecule has 0 N–H and O–H groups in total. The van der Waals surface area contributed by atoms with Crippen LogP contribution in [-0.2, 0) is 20.7 Å². The van der Waals surface area contributed by atoms with Crippen molar-refractivity contribution in [3.8, 4) is 0 Å². The number of hydrogen-bond donors (Lipinski definition) is 0. The molecule has 6 nitrogen and oxygen atoms in total. The number of cyclic esters (lactones) is 1. The number of nitrogens with zero attached hydrogens (tertiary/aromatic N) is 2. The normalized spacial score (nSPS) is 18.1. The van der Waals surface area contributed by atoms with Gasteiger partial charge < -0.3 is 9.64 Å². The third kappa shape index (κ3) is 3.34. The summed E-state index contributed by atoms with van der Waals surface area (Å²) >= 11 is 1.69. The zero-order valence-corrected chi connectivity index (χ0v) is 13.7. The van der Waals surface area contributed by atoms with Crippen LogP contribution in [0.5, 0.6) is 0 Å². The zero-order valence-electron chi connectivity index (χ0n) is 12.9. The number of benzene rings is 1. The topological polar surface area (TPSA) is 66.9 Å². The second-order valence-electron chi connectivity index (χ2n) is 5.62. The van der Waals surface area contributed by atoms with E-state index < -0.39 is 6.09 Å². The lowest BCUT2D eigenvalue weighted by atomic mass is 10.0. The van der Waals surface area contributed by atoms with Gasteiger partial charge in [0, 0.05) is 24.4 Å². The predicted octanol–water partition coefficient (Wildman–Crippen LogP) is 1.53. The van der Waals surface area contributed by atoms with Crippen molar-refractivity contribution in [1.82, 2.24) is 9.80 Å². The van der Waals surface area contributed by atoms with Gasteiger partial charge in [0.1, 0.15) is 0 Å². The van der Waals surface area contributed by atoms with Gasteiger partial charge in [-0.1, -0.05) is 12.1 Å². The van der Waals surface area contributed by atoms with Crippen LogP contribution in [0.3, 0.4) is 0 Å². The van der Waals surface area contributed by atoms with Gasteiger partial charge in [0.05, 0.1) is 6.04 Å². The lowest BCUT2D eigenvalue weighted by Crippen LogP contribution is -2.62. The standard InChI is InChI=1S/C16H18N2O4S/c1-23-13-5-2-11(3-6-13)4-7-14(19)17-8-12(9-17)18-15(20)10-22-16(18)21/h2-3,5-6,12H,4,7-10H2,1H3. The number of amides is 3. The Kier molecular flexibility index (Phi) is 4.56. The molecule has 0 atom stereocenters. The second kappa shape index (κ2) is 6.62. The molecule has 7 heteroatoms. The first-order chi connectivity index (χ1) is 11.1. The number of carbonyl (C=O) groups is 3. The molecule has 2 aliphatic heterocycles. The minimum Gasteiger partial charge on any atom is -0.439 e. The van der Waals surface area contributed by atoms with Crippen LogP contribution < -0.4 is 0 Å². The van der Waals surface area contributed by atoms with Gasteiger partial charge in [-0.3, -0.25) is 9.59 Å². The number of hydrogen-bond acceptors (Lipinski definition) is 5. The molecule has 1 aromatic carbocycles. The van der Waals surface area contributed by atoms with E-state index in [1.54, 1.807) is 16.7 Å². The van der Waals surface area contributed by atoms with Crippen molar-refractivity contribution >= 4 is 29.7 Å². The van der Waals surface area contributed by atoms with Crippen LogP contribution >= 0.6 is 11.8 Å². The summed E-state index contributed by atoms with van der Waals surface area (Å²) < 4.78 is 4.69. The smallest absolute Gasteiger partial charge is 0.417 e. The van der Waals surface area contributed by atoms with Crippen LogP contribution in [-0.4, -0.2) is 59.7 Å². The molecule has 2 fully saturated rings. The van der Waals surface area contributed by atoms with Gasteiger partial charge >= 0.3 is 6.09 Å². The highest BCUT2D eigenvalue weighted by Crippen LogP contribution is 2.21. The van der Waals surface area contributed by atoms with E-state index in [0.29, 0.717) is 25.9 Å². The molecular formula is C16H18N2O4S. The summed E-state index contributed by atoms with van der Waals surface area (Å²) in [5, 5.41) is 0. The zero-order chi connectivity index (χ0) is 16.4. The molecule has 0 aromatic heterocycles. The molecule has 2 heterocycles. The fourth-order valence-corrected chi connectivity index (χ4v) is 3.15. The predicted molar refractivity (Wildman–Crippen MR) is 85.1 cm³/mol. The molecule has 0 aliphatic carbocycles. The second-order valence-corrected chi connectivity index (χ2v) is 6.50. The maximum atomic E-state index is 12.1. The molecule has 23 heavy (non-hydrogen) atoms. The first kappa shape index (κ1) is 15.9. The first-order valence-corrected chi connectivity index (χ1v) is 8.70. The Hall–Kier alpha value is -2.02. The number of ether oxygens (including phenoxy) is 1. The van der Waals surface area contributed by atoms with Crippen LogP contribution in [0, 0.1) is 0 Å². The van der Waals surface area contributed by atoms with Crippen molar-refractivity contribution in [2.45, 2.75) is 23.8 Å². The lowest BCUT2D eigenvalue weighted by Gasteiger charge is -2.42. The van der Waals surface area contributed by atoms with Crippen LogP contribution in [0.15, 0.2) is 29.2 Å². The minimum atomic E-state index is -0.596. The Labute approximate surface area is 138 Å². The van der Waals surface area contributed by atoms with Crippen molar-refractivity contribution in [2.75, 3.05) is 26.0 Å². The summed E-state index contributed by atoms with van der Waals surface area (Å²) in [4.78, 5) is 39.1. The molecule has 3 rings (SSSR count). The fraction of sp³-hybridized carbons (Fsp3) is 0.438. The van der Waals surface area contributed by atoms with Crippen molar-refractivity contribution in [3.63, 3.8) is 0 Å². The van der Waals surface area contributed by atoms with Gasteiger partial charge in [0.25, 0.3) is 5.91 Å². The van der Waals surface area contributed by atoms with E-state index in [0.717, 1.165) is 10.5 Å². The fourth-order valence-electron chi connectivity index (χ4n) is 2.74. The molecular weight excluding hydrogens is 316 g/mol. The SMILES string of the molecule is CSc1ccc(CCC(=O)N2CC(N3C(=O)COC3=O)C2)cc1. The van der Waals surface area contributed by atoms with Gasteiger partial charge in [-0.15, -0.1) is 11.8 Å². The van der Waals surface area contributed by atoms with E-state index >= 15 is 0 Å². The third-order valence-corrected chi connectivity index (χ3v) is 4.89. The summed E-state index contributed by atoms with van der Waals surface area (Å²) in [6, 6.07) is 7.94. The third-order valence-electron chi connectivity index (χ3n) is 4.15. The number of aryl methyl sites for hydroxylation is 1. The molecule has 0 saturated carbocycles. The highest BCUT2D eigenvalue weighted by atomic mass is 32.2. The maximum absolute atomic E-state index is 12.1. The van der Waals surface area contributed by atoms with Crippen LogP contribution in [0.25, 0.3) is 0 Å². The molecule has 2 saturated heterocycles. The first-order valence-electron chi connectivity index (χ1n) is 7.48. The average molecular weight is 334 g/mol. The Morgan fingerprint density at radius 3 is 2.52 bits per heavy atom. The minimum absolute atomic E-state index is 0.0511. The van der Waals surface area contributed by atoms with E-state index in [-0.39, 0.29) is 24.5 Å². The number of likely N-dealkylation sites (tertiary alicyclic amines) is 1. The number of carbonyl (C=O) groups excluding carboxylic acids is 3. The van der Waals surface area contributed by atoms with Crippen molar-refractivity contribution in [1.29, 1.82) is 0 Å². The summed E-state index contributed by atoms with van der Waals surface area (Å²) in [6.07, 6.45) is 2.56. The lowest BCUT2D eigenvalue weighted by molar-refractivity contribution is -0.142. The van der Waals surface area contributed by atoms with Gasteiger partial charge in [-0.2, -0.15) is 0 Å². The summed E-state index contributed by atoms with van der Waals surface area (Å²) in [7, 11) is 0. The van der Waals surface area contributed by atoms with Gasteiger partial charge in [0.15, 0.2) is 6.61 Å². The molecule has 0 spiro atoms. The Morgan fingerprint density at radius 1 is 1.26 bits per heavy atom. The van der Waals surface area contributed by atoms with E-state index in [1.807, 2.05) is 18.4 Å². The largest absolute Gasteiger partial charge is 0.439 e. The van der Waals surface area contributed by atoms with Crippen molar-refractivity contribution < 1.29 is 19.1 Å². The van der Waals surface area contributed by atoms with Gasteiger partial charge in [-0.05, 0) is 30.4 Å². The highest BCUT2D eigenvalue weighted by molar-refractivity contribution is 7.98. The summed E-state index contributed by atoms with van der Waals surface area (Å²) in [6.45, 7) is 0.630. The van der Waals surface area contributed by atoms with E-state index in [4.69, 9.17) is 0 Å². The Balaban J connectivity index is 1.45. The molecule has 0 radical (unpaired) electrons. The number of rotatable bonds is 5. The number of thioether (sulfide) groups is 1. The van der Waals surface area contributed by atoms with Crippen LogP contribution in [0.1, 0.15) is 12.0 Å². The molecule has 3 amide bonds. The highest BCUT2D eigenvalue weighted by Gasteiger charge is 2.44. The van der Waals surface area contributed by atoms with E-state index in [1.165, 1.54) is 4.90 Å². The van der Waals surface area contributed by atoms with Crippen molar-refractivity contribution in [2.24, 2.45) is 0 Å². The average Bonchev–Trinajstić information content (AvgIpc) is 2.84. The Morgan fingerprint density at radius 2 is 1.96 bits per heavy atom. The molecule has 122 valence electrons. The Bertz CT molecular complexity index is 609. The molecule has 2 aliphatic rings. The van der Waals surface area contributed by atoms with E-state index in [2.05, 4.69) is 16.9 Å². The number of imide groups is 1. The van der Waals surface area contributed by atoms with E-state index in [9.17, 15) is 14.4 Å². The van der Waals surface area contributed by atoms with Crippen LogP contribution in [0.4, 0.5) is 4.79 Å². The summed E-state index contributed by atoms with van der Waals surface area (Å²) in [5.41, 5.74) is 1.13. The van der Waals surface area contributed by atoms with Crippen molar-refractivity contribution in [3.05, 3.63) is 29.8 Å². The van der Waals surface area contributed by atoms with Gasteiger partial charge in [-0.25, -0.2) is 9.69 Å². The van der Waals surface area contributed by atoms with Crippen LogP contribution in [0.2, 0.25) is 0 Å². The maximum Gasteiger partial charge on any atom is 0.417 e.